The highest BCUT2D eigenvalue weighted by molar-refractivity contribution is 5.28. The summed E-state index contributed by atoms with van der Waals surface area (Å²) in [5, 5.41) is 13.6. The Hall–Kier alpha value is -1.10. The van der Waals surface area contributed by atoms with Gasteiger partial charge in [0.2, 0.25) is 0 Å². The van der Waals surface area contributed by atoms with Crippen molar-refractivity contribution in [3.05, 3.63) is 29.8 Å². The van der Waals surface area contributed by atoms with Gasteiger partial charge in [-0.2, -0.15) is 0 Å². The summed E-state index contributed by atoms with van der Waals surface area (Å²) in [5.74, 6) is 1.62. The minimum absolute atomic E-state index is 0.0933. The average Bonchev–Trinajstić information content (AvgIpc) is 2.63. The maximum atomic E-state index is 10.2. The van der Waals surface area contributed by atoms with E-state index >= 15 is 0 Å². The Morgan fingerprint density at radius 3 is 2.38 bits per heavy atom. The van der Waals surface area contributed by atoms with Crippen LogP contribution in [-0.4, -0.2) is 43.6 Å². The number of β-amino-alcohol motifs (C(OH)–C–C–N with tert-alkyl or cyclic N) is 1. The first kappa shape index (κ1) is 22.9. The average molecular weight is 366 g/mol. The van der Waals surface area contributed by atoms with Gasteiger partial charge < -0.3 is 19.9 Å². The van der Waals surface area contributed by atoms with Crippen LogP contribution in [0.1, 0.15) is 58.9 Å². The Balaban J connectivity index is 2.25. The second kappa shape index (κ2) is 12.3. The van der Waals surface area contributed by atoms with Crippen LogP contribution in [0.25, 0.3) is 0 Å². The first-order valence-electron chi connectivity index (χ1n) is 10.0. The smallest absolute Gasteiger partial charge is 0.118 e. The number of aliphatic hydroxyl groups excluding tert-OH is 1. The van der Waals surface area contributed by atoms with Crippen molar-refractivity contribution in [3.8, 4) is 5.75 Å². The summed E-state index contributed by atoms with van der Waals surface area (Å²) in [4.78, 5) is 0. The molecule has 1 unspecified atom stereocenters. The van der Waals surface area contributed by atoms with Crippen LogP contribution in [0.15, 0.2) is 24.3 Å². The van der Waals surface area contributed by atoms with Crippen LogP contribution in [0.5, 0.6) is 5.75 Å². The molecular formula is C22H39NO3. The highest BCUT2D eigenvalue weighted by Gasteiger charge is 2.19. The van der Waals surface area contributed by atoms with E-state index in [1.165, 1.54) is 24.8 Å². The number of hydrogen-bond acceptors (Lipinski definition) is 4. The van der Waals surface area contributed by atoms with E-state index in [4.69, 9.17) is 9.47 Å². The van der Waals surface area contributed by atoms with Crippen molar-refractivity contribution < 1.29 is 14.6 Å². The molecule has 0 heterocycles. The van der Waals surface area contributed by atoms with Crippen LogP contribution in [0.2, 0.25) is 0 Å². The molecule has 0 saturated heterocycles. The lowest BCUT2D eigenvalue weighted by Crippen LogP contribution is -2.46. The molecule has 1 aromatic carbocycles. The largest absolute Gasteiger partial charge is 0.497 e. The summed E-state index contributed by atoms with van der Waals surface area (Å²) < 4.78 is 10.9. The van der Waals surface area contributed by atoms with Crippen LogP contribution < -0.4 is 10.1 Å². The first-order valence-corrected chi connectivity index (χ1v) is 10.0. The fraction of sp³-hybridized carbons (Fsp3) is 0.727. The summed E-state index contributed by atoms with van der Waals surface area (Å²) in [5.41, 5.74) is 1.15. The Bertz CT molecular complexity index is 473. The van der Waals surface area contributed by atoms with Crippen molar-refractivity contribution in [1.82, 2.24) is 5.32 Å². The number of ether oxygens (including phenoxy) is 2. The van der Waals surface area contributed by atoms with Gasteiger partial charge in [0.05, 0.1) is 19.8 Å². The second-order valence-corrected chi connectivity index (χ2v) is 7.87. The molecule has 0 bridgehead atoms. The van der Waals surface area contributed by atoms with Gasteiger partial charge in [-0.1, -0.05) is 45.2 Å². The first-order chi connectivity index (χ1) is 12.4. The van der Waals surface area contributed by atoms with Crippen LogP contribution >= 0.6 is 0 Å². The van der Waals surface area contributed by atoms with Gasteiger partial charge in [-0.25, -0.2) is 0 Å². The van der Waals surface area contributed by atoms with E-state index in [9.17, 15) is 5.11 Å². The Morgan fingerprint density at radius 2 is 1.81 bits per heavy atom. The molecular weight excluding hydrogens is 326 g/mol. The zero-order valence-electron chi connectivity index (χ0n) is 17.4. The SMILES string of the molecule is CCCC(CC)CCOC[C@@H](O)CNC(C)(C)Cc1ccc(OC)cc1. The standard InChI is InChI=1S/C22H39NO3/c1-6-8-18(7-2)13-14-26-17-20(24)16-23-22(3,4)15-19-9-11-21(25-5)12-10-19/h9-12,18,20,23-24H,6-8,13-17H2,1-5H3/t18?,20-/m0/s1. The minimum atomic E-state index is -0.476. The molecule has 0 aliphatic carbocycles. The number of benzene rings is 1. The van der Waals surface area contributed by atoms with Gasteiger partial charge >= 0.3 is 0 Å². The van der Waals surface area contributed by atoms with E-state index in [2.05, 4.69) is 45.1 Å². The summed E-state index contributed by atoms with van der Waals surface area (Å²) in [6, 6.07) is 8.14. The van der Waals surface area contributed by atoms with Gasteiger partial charge in [-0.3, -0.25) is 0 Å². The Morgan fingerprint density at radius 1 is 1.12 bits per heavy atom. The predicted molar refractivity (Wildman–Crippen MR) is 109 cm³/mol. The highest BCUT2D eigenvalue weighted by Crippen LogP contribution is 2.17. The molecule has 0 amide bonds. The van der Waals surface area contributed by atoms with E-state index in [0.29, 0.717) is 13.2 Å². The molecule has 0 spiro atoms. The summed E-state index contributed by atoms with van der Waals surface area (Å²) in [6.07, 6.45) is 5.21. The number of methoxy groups -OCH3 is 1. The second-order valence-electron chi connectivity index (χ2n) is 7.87. The van der Waals surface area contributed by atoms with Crippen molar-refractivity contribution in [3.63, 3.8) is 0 Å². The van der Waals surface area contributed by atoms with Gasteiger partial charge in [-0.05, 0) is 50.3 Å². The number of nitrogens with one attached hydrogen (secondary N) is 1. The van der Waals surface area contributed by atoms with E-state index < -0.39 is 6.10 Å². The summed E-state index contributed by atoms with van der Waals surface area (Å²) in [6.45, 7) is 10.5. The quantitative estimate of drug-likeness (QED) is 0.485. The molecule has 0 saturated carbocycles. The van der Waals surface area contributed by atoms with Gasteiger partial charge in [0, 0.05) is 18.7 Å². The third-order valence-corrected chi connectivity index (χ3v) is 4.88. The molecule has 0 fully saturated rings. The fourth-order valence-electron chi connectivity index (χ4n) is 3.20. The van der Waals surface area contributed by atoms with Crippen molar-refractivity contribution in [1.29, 1.82) is 0 Å². The lowest BCUT2D eigenvalue weighted by atomic mass is 9.94. The molecule has 1 rings (SSSR count). The monoisotopic (exact) mass is 365 g/mol. The van der Waals surface area contributed by atoms with Crippen molar-refractivity contribution >= 4 is 0 Å². The van der Waals surface area contributed by atoms with E-state index in [-0.39, 0.29) is 5.54 Å². The number of rotatable bonds is 14. The maximum absolute atomic E-state index is 10.2. The molecule has 1 aromatic rings. The van der Waals surface area contributed by atoms with Crippen LogP contribution in [0.3, 0.4) is 0 Å². The number of hydrogen-bond donors (Lipinski definition) is 2. The molecule has 2 N–H and O–H groups in total. The van der Waals surface area contributed by atoms with Crippen LogP contribution in [0.4, 0.5) is 0 Å². The van der Waals surface area contributed by atoms with Gasteiger partial charge in [-0.15, -0.1) is 0 Å². The molecule has 2 atom stereocenters. The van der Waals surface area contributed by atoms with Gasteiger partial charge in [0.1, 0.15) is 5.75 Å². The van der Waals surface area contributed by atoms with Gasteiger partial charge in [0.15, 0.2) is 0 Å². The topological polar surface area (TPSA) is 50.7 Å². The zero-order valence-corrected chi connectivity index (χ0v) is 17.4. The van der Waals surface area contributed by atoms with Crippen molar-refractivity contribution in [2.45, 2.75) is 71.4 Å². The molecule has 0 aromatic heterocycles. The van der Waals surface area contributed by atoms with E-state index in [1.54, 1.807) is 7.11 Å². The third-order valence-electron chi connectivity index (χ3n) is 4.88. The van der Waals surface area contributed by atoms with Crippen LogP contribution in [-0.2, 0) is 11.2 Å². The summed E-state index contributed by atoms with van der Waals surface area (Å²) in [7, 11) is 1.68. The highest BCUT2D eigenvalue weighted by atomic mass is 16.5. The lowest BCUT2D eigenvalue weighted by molar-refractivity contribution is 0.0280. The maximum Gasteiger partial charge on any atom is 0.118 e. The molecule has 0 radical (unpaired) electrons. The Kier molecular flexibility index (Phi) is 10.9. The van der Waals surface area contributed by atoms with Gasteiger partial charge in [0.25, 0.3) is 0 Å². The third kappa shape index (κ3) is 9.56. The predicted octanol–water partition coefficient (Wildman–Crippen LogP) is 4.20. The molecule has 0 aliphatic heterocycles. The minimum Gasteiger partial charge on any atom is -0.497 e. The Labute approximate surface area is 160 Å². The molecule has 0 aliphatic rings. The van der Waals surface area contributed by atoms with E-state index in [0.717, 1.165) is 31.1 Å². The molecule has 150 valence electrons. The van der Waals surface area contributed by atoms with Crippen molar-refractivity contribution in [2.75, 3.05) is 26.9 Å². The number of aliphatic hydroxyl groups is 1. The molecule has 4 heteroatoms. The zero-order chi connectivity index (χ0) is 19.4. The van der Waals surface area contributed by atoms with Crippen LogP contribution in [0, 0.1) is 5.92 Å². The summed E-state index contributed by atoms with van der Waals surface area (Å²) >= 11 is 0. The van der Waals surface area contributed by atoms with E-state index in [1.807, 2.05) is 12.1 Å². The fourth-order valence-corrected chi connectivity index (χ4v) is 3.20. The van der Waals surface area contributed by atoms with Crippen molar-refractivity contribution in [2.24, 2.45) is 5.92 Å². The lowest BCUT2D eigenvalue weighted by Gasteiger charge is -2.28. The normalized spacial score (nSPS) is 14.2. The molecule has 26 heavy (non-hydrogen) atoms. The molecule has 4 nitrogen and oxygen atoms in total.